The molecule has 4 aromatic rings. The summed E-state index contributed by atoms with van der Waals surface area (Å²) in [6, 6.07) is 17.6. The topological polar surface area (TPSA) is 73.8 Å². The molecule has 2 aromatic heterocycles. The number of esters is 1. The molecule has 5 rings (SSSR count). The summed E-state index contributed by atoms with van der Waals surface area (Å²) in [7, 11) is 1.33. The van der Waals surface area contributed by atoms with Crippen LogP contribution in [0.1, 0.15) is 30.7 Å². The molecule has 182 valence electrons. The van der Waals surface area contributed by atoms with Gasteiger partial charge in [0.05, 0.1) is 39.0 Å². The molecule has 0 fully saturated rings. The number of nitrogens with zero attached hydrogens (tertiary/aromatic N) is 2. The van der Waals surface area contributed by atoms with E-state index in [-0.39, 0.29) is 5.56 Å². The van der Waals surface area contributed by atoms with Crippen molar-refractivity contribution in [2.45, 2.75) is 19.4 Å². The number of ether oxygens (including phenoxy) is 1. The number of carbonyl (C=O) groups excluding carboxylic acids is 1. The minimum atomic E-state index is -0.649. The van der Waals surface area contributed by atoms with Crippen LogP contribution in [0.3, 0.4) is 0 Å². The van der Waals surface area contributed by atoms with Crippen LogP contribution in [-0.2, 0) is 9.53 Å². The van der Waals surface area contributed by atoms with Gasteiger partial charge in [-0.25, -0.2) is 9.79 Å². The maximum absolute atomic E-state index is 13.7. The first-order valence-electron chi connectivity index (χ1n) is 11.1. The summed E-state index contributed by atoms with van der Waals surface area (Å²) in [6.45, 7) is 1.92. The quantitative estimate of drug-likeness (QED) is 0.320. The number of fused-ring (bicyclic) bond motifs is 1. The monoisotopic (exact) mass is 538 g/mol. The van der Waals surface area contributed by atoms with Crippen LogP contribution < -0.4 is 14.9 Å². The molecule has 0 radical (unpaired) electrons. The van der Waals surface area contributed by atoms with Crippen LogP contribution in [0.4, 0.5) is 0 Å². The van der Waals surface area contributed by atoms with E-state index in [0.717, 1.165) is 5.56 Å². The van der Waals surface area contributed by atoms with Gasteiger partial charge in [-0.2, -0.15) is 0 Å². The molecule has 0 aliphatic carbocycles. The number of hydrogen-bond acceptors (Lipinski definition) is 6. The van der Waals surface area contributed by atoms with E-state index in [1.165, 1.54) is 18.4 Å². The van der Waals surface area contributed by atoms with Crippen LogP contribution in [0, 0.1) is 0 Å². The van der Waals surface area contributed by atoms with Gasteiger partial charge in [0, 0.05) is 11.6 Å². The Morgan fingerprint density at radius 3 is 2.64 bits per heavy atom. The van der Waals surface area contributed by atoms with Gasteiger partial charge in [-0.3, -0.25) is 9.36 Å². The summed E-state index contributed by atoms with van der Waals surface area (Å²) < 4.78 is 13.0. The lowest BCUT2D eigenvalue weighted by Crippen LogP contribution is -2.40. The number of halogens is 2. The van der Waals surface area contributed by atoms with Crippen molar-refractivity contribution in [3.8, 4) is 11.3 Å². The first-order valence-corrected chi connectivity index (χ1v) is 12.7. The smallest absolute Gasteiger partial charge is 0.338 e. The van der Waals surface area contributed by atoms with Crippen LogP contribution in [0.15, 0.2) is 86.1 Å². The Morgan fingerprint density at radius 1 is 1.14 bits per heavy atom. The lowest BCUT2D eigenvalue weighted by atomic mass is 9.95. The second-order valence-corrected chi connectivity index (χ2v) is 9.80. The number of rotatable bonds is 5. The maximum Gasteiger partial charge on any atom is 0.338 e. The largest absolute Gasteiger partial charge is 0.466 e. The molecule has 0 amide bonds. The van der Waals surface area contributed by atoms with Gasteiger partial charge in [-0.05, 0) is 36.2 Å². The van der Waals surface area contributed by atoms with Crippen LogP contribution >= 0.6 is 34.5 Å². The SMILES string of the molecule is CCC1=C(C(=O)OC)[C@H](c2ccccc2)n2c(s/c(=C/c3ccc(-c4cccc(Cl)c4Cl)o3)c2=O)=N1. The highest BCUT2D eigenvalue weighted by atomic mass is 35.5. The minimum Gasteiger partial charge on any atom is -0.466 e. The first-order chi connectivity index (χ1) is 17.4. The Balaban J connectivity index is 1.67. The molecule has 0 bridgehead atoms. The van der Waals surface area contributed by atoms with E-state index in [4.69, 9.17) is 32.4 Å². The van der Waals surface area contributed by atoms with Gasteiger partial charge in [-0.1, -0.05) is 77.9 Å². The van der Waals surface area contributed by atoms with Crippen molar-refractivity contribution in [2.24, 2.45) is 4.99 Å². The molecule has 1 atom stereocenters. The molecule has 1 aliphatic heterocycles. The molecule has 2 aromatic carbocycles. The standard InChI is InChI=1S/C27H20Cl2N2O4S/c1-3-19-22(26(33)34-2)24(15-8-5-4-6-9-15)31-25(32)21(36-27(31)30-19)14-16-12-13-20(35-16)17-10-7-11-18(28)23(17)29/h4-14,24H,3H2,1-2H3/b21-14+/t24-/m0/s1. The van der Waals surface area contributed by atoms with E-state index in [0.29, 0.717) is 54.2 Å². The third-order valence-electron chi connectivity index (χ3n) is 5.88. The van der Waals surface area contributed by atoms with Gasteiger partial charge in [0.15, 0.2) is 4.80 Å². The Labute approximate surface area is 220 Å². The van der Waals surface area contributed by atoms with E-state index in [1.807, 2.05) is 43.3 Å². The minimum absolute atomic E-state index is 0.275. The normalized spacial score (nSPS) is 15.6. The molecule has 3 heterocycles. The van der Waals surface area contributed by atoms with Crippen LogP contribution in [0.5, 0.6) is 0 Å². The van der Waals surface area contributed by atoms with Gasteiger partial charge < -0.3 is 9.15 Å². The van der Waals surface area contributed by atoms with Gasteiger partial charge in [0.25, 0.3) is 5.56 Å². The predicted molar refractivity (Wildman–Crippen MR) is 141 cm³/mol. The molecule has 0 unspecified atom stereocenters. The average molecular weight is 539 g/mol. The third-order valence-corrected chi connectivity index (χ3v) is 7.68. The van der Waals surface area contributed by atoms with E-state index < -0.39 is 12.0 Å². The average Bonchev–Trinajstić information content (AvgIpc) is 3.49. The first kappa shape index (κ1) is 24.3. The molecule has 36 heavy (non-hydrogen) atoms. The zero-order chi connectivity index (χ0) is 25.4. The number of allylic oxidation sites excluding steroid dienone is 1. The molecule has 9 heteroatoms. The lowest BCUT2D eigenvalue weighted by molar-refractivity contribution is -0.136. The molecule has 0 saturated carbocycles. The highest BCUT2D eigenvalue weighted by Gasteiger charge is 2.33. The van der Waals surface area contributed by atoms with E-state index in [1.54, 1.807) is 34.9 Å². The Bertz CT molecular complexity index is 1680. The molecular weight excluding hydrogens is 519 g/mol. The second-order valence-electron chi connectivity index (χ2n) is 8.00. The van der Waals surface area contributed by atoms with E-state index >= 15 is 0 Å². The van der Waals surface area contributed by atoms with Crippen LogP contribution in [-0.4, -0.2) is 17.6 Å². The molecule has 0 N–H and O–H groups in total. The predicted octanol–water partition coefficient (Wildman–Crippen LogP) is 5.37. The van der Waals surface area contributed by atoms with E-state index in [2.05, 4.69) is 4.99 Å². The Kier molecular flexibility index (Phi) is 6.71. The Hall–Kier alpha value is -3.39. The molecular formula is C27H20Cl2N2O4S. The summed E-state index contributed by atoms with van der Waals surface area (Å²) in [5.74, 6) is 0.503. The summed E-state index contributed by atoms with van der Waals surface area (Å²) in [5, 5.41) is 0.819. The molecule has 1 aliphatic rings. The molecule has 0 spiro atoms. The fraction of sp³-hybridized carbons (Fsp3) is 0.148. The fourth-order valence-corrected chi connectivity index (χ4v) is 5.61. The zero-order valence-corrected chi connectivity index (χ0v) is 21.7. The van der Waals surface area contributed by atoms with Gasteiger partial charge in [0.2, 0.25) is 0 Å². The van der Waals surface area contributed by atoms with Crippen molar-refractivity contribution in [2.75, 3.05) is 7.11 Å². The van der Waals surface area contributed by atoms with Gasteiger partial charge >= 0.3 is 5.97 Å². The number of thiazole rings is 1. The van der Waals surface area contributed by atoms with Crippen LogP contribution in [0.25, 0.3) is 17.4 Å². The number of aromatic nitrogens is 1. The van der Waals surface area contributed by atoms with Gasteiger partial charge in [-0.15, -0.1) is 0 Å². The number of benzene rings is 2. The summed E-state index contributed by atoms with van der Waals surface area (Å²) >= 11 is 13.7. The maximum atomic E-state index is 13.7. The summed E-state index contributed by atoms with van der Waals surface area (Å²) in [4.78, 5) is 31.7. The number of carbonyl (C=O) groups is 1. The van der Waals surface area contributed by atoms with Gasteiger partial charge in [0.1, 0.15) is 11.5 Å². The number of hydrogen-bond donors (Lipinski definition) is 0. The molecule has 6 nitrogen and oxygen atoms in total. The van der Waals surface area contributed by atoms with Crippen molar-refractivity contribution in [1.29, 1.82) is 0 Å². The lowest BCUT2D eigenvalue weighted by Gasteiger charge is -2.25. The summed E-state index contributed by atoms with van der Waals surface area (Å²) in [6.07, 6.45) is 2.18. The fourth-order valence-electron chi connectivity index (χ4n) is 4.21. The Morgan fingerprint density at radius 2 is 1.92 bits per heavy atom. The summed E-state index contributed by atoms with van der Waals surface area (Å²) in [5.41, 5.74) is 2.13. The zero-order valence-electron chi connectivity index (χ0n) is 19.3. The molecule has 0 saturated heterocycles. The second kappa shape index (κ2) is 9.93. The van der Waals surface area contributed by atoms with Crippen LogP contribution in [0.2, 0.25) is 10.0 Å². The van der Waals surface area contributed by atoms with Crippen molar-refractivity contribution in [3.05, 3.63) is 113 Å². The van der Waals surface area contributed by atoms with E-state index in [9.17, 15) is 9.59 Å². The van der Waals surface area contributed by atoms with Crippen molar-refractivity contribution in [1.82, 2.24) is 4.57 Å². The van der Waals surface area contributed by atoms with Crippen molar-refractivity contribution < 1.29 is 13.9 Å². The number of methoxy groups -OCH3 is 1. The third kappa shape index (κ3) is 4.23. The number of furan rings is 1. The van der Waals surface area contributed by atoms with Crippen molar-refractivity contribution >= 4 is 46.6 Å². The highest BCUT2D eigenvalue weighted by molar-refractivity contribution is 7.07. The highest BCUT2D eigenvalue weighted by Crippen LogP contribution is 2.35. The van der Waals surface area contributed by atoms with Crippen molar-refractivity contribution in [3.63, 3.8) is 0 Å².